The lowest BCUT2D eigenvalue weighted by Gasteiger charge is -2.28. The molecule has 0 aromatic heterocycles. The Balaban J connectivity index is 1.63. The zero-order chi connectivity index (χ0) is 23.5. The minimum atomic E-state index is -4.38. The van der Waals surface area contributed by atoms with Crippen LogP contribution in [0.4, 0.5) is 18.0 Å². The molecule has 1 aliphatic heterocycles. The van der Waals surface area contributed by atoms with Gasteiger partial charge in [-0.1, -0.05) is 30.3 Å². The summed E-state index contributed by atoms with van der Waals surface area (Å²) in [4.78, 5) is 26.6. The van der Waals surface area contributed by atoms with E-state index in [9.17, 15) is 22.8 Å². The molecule has 0 radical (unpaired) electrons. The van der Waals surface area contributed by atoms with Crippen molar-refractivity contribution in [1.29, 1.82) is 0 Å². The van der Waals surface area contributed by atoms with Gasteiger partial charge >= 0.3 is 12.3 Å². The molecule has 0 bridgehead atoms. The van der Waals surface area contributed by atoms with Gasteiger partial charge in [-0.25, -0.2) is 4.79 Å². The summed E-state index contributed by atoms with van der Waals surface area (Å²) in [6.07, 6.45) is -3.59. The molecular formula is C24H27F3N2O3. The van der Waals surface area contributed by atoms with Crippen LogP contribution in [0.1, 0.15) is 44.7 Å². The third-order valence-electron chi connectivity index (χ3n) is 5.12. The maximum atomic E-state index is 12.8. The molecule has 0 saturated carbocycles. The van der Waals surface area contributed by atoms with Crippen molar-refractivity contribution in [3.63, 3.8) is 0 Å². The molecule has 1 heterocycles. The van der Waals surface area contributed by atoms with Gasteiger partial charge in [0, 0.05) is 13.1 Å². The van der Waals surface area contributed by atoms with E-state index in [1.165, 1.54) is 17.0 Å². The summed E-state index contributed by atoms with van der Waals surface area (Å²) < 4.78 is 43.7. The van der Waals surface area contributed by atoms with Gasteiger partial charge in [0.05, 0.1) is 5.56 Å². The third-order valence-corrected chi connectivity index (χ3v) is 5.12. The van der Waals surface area contributed by atoms with Crippen LogP contribution < -0.4 is 5.32 Å². The van der Waals surface area contributed by atoms with Crippen molar-refractivity contribution in [2.75, 3.05) is 6.54 Å². The summed E-state index contributed by atoms with van der Waals surface area (Å²) in [6.45, 7) is 6.04. The molecule has 1 saturated heterocycles. The number of ether oxygens (including phenoxy) is 1. The van der Waals surface area contributed by atoms with E-state index in [0.717, 1.165) is 29.7 Å². The lowest BCUT2D eigenvalue weighted by Crippen LogP contribution is -2.47. The van der Waals surface area contributed by atoms with Crippen LogP contribution in [0.2, 0.25) is 0 Å². The van der Waals surface area contributed by atoms with Crippen LogP contribution in [-0.2, 0) is 22.3 Å². The second kappa shape index (κ2) is 9.22. The Morgan fingerprint density at radius 1 is 1.06 bits per heavy atom. The zero-order valence-corrected chi connectivity index (χ0v) is 18.3. The first-order valence-corrected chi connectivity index (χ1v) is 10.5. The molecule has 2 aromatic rings. The molecule has 32 heavy (non-hydrogen) atoms. The van der Waals surface area contributed by atoms with Gasteiger partial charge in [0.15, 0.2) is 0 Å². The first kappa shape index (κ1) is 23.6. The summed E-state index contributed by atoms with van der Waals surface area (Å²) in [5.74, 6) is -0.256. The molecule has 8 heteroatoms. The molecule has 2 aromatic carbocycles. The third kappa shape index (κ3) is 6.02. The molecule has 0 aliphatic carbocycles. The first-order valence-electron chi connectivity index (χ1n) is 10.5. The molecule has 1 N–H and O–H groups in total. The normalized spacial score (nSPS) is 16.7. The highest BCUT2D eigenvalue weighted by Gasteiger charge is 2.36. The van der Waals surface area contributed by atoms with Gasteiger partial charge in [-0.15, -0.1) is 0 Å². The van der Waals surface area contributed by atoms with E-state index in [2.05, 4.69) is 5.32 Å². The minimum absolute atomic E-state index is 0.242. The highest BCUT2D eigenvalue weighted by Crippen LogP contribution is 2.31. The van der Waals surface area contributed by atoms with Crippen LogP contribution in [0.25, 0.3) is 11.1 Å². The van der Waals surface area contributed by atoms with E-state index >= 15 is 0 Å². The molecule has 0 spiro atoms. The van der Waals surface area contributed by atoms with Crippen LogP contribution in [0, 0.1) is 0 Å². The molecular weight excluding hydrogens is 421 g/mol. The van der Waals surface area contributed by atoms with E-state index in [1.807, 2.05) is 12.1 Å². The van der Waals surface area contributed by atoms with E-state index in [4.69, 9.17) is 4.74 Å². The Kier molecular flexibility index (Phi) is 6.81. The van der Waals surface area contributed by atoms with Crippen LogP contribution in [0.15, 0.2) is 48.5 Å². The number of nitrogens with zero attached hydrogens (tertiary/aromatic N) is 1. The van der Waals surface area contributed by atoms with Crippen molar-refractivity contribution in [1.82, 2.24) is 10.2 Å². The van der Waals surface area contributed by atoms with Crippen molar-refractivity contribution in [2.24, 2.45) is 0 Å². The molecule has 1 aliphatic rings. The largest absolute Gasteiger partial charge is 0.444 e. The van der Waals surface area contributed by atoms with Crippen molar-refractivity contribution >= 4 is 12.0 Å². The van der Waals surface area contributed by atoms with Gasteiger partial charge in [0.1, 0.15) is 11.6 Å². The number of rotatable bonds is 4. The van der Waals surface area contributed by atoms with Gasteiger partial charge in [-0.05, 0) is 68.5 Å². The Hall–Kier alpha value is -3.03. The Morgan fingerprint density at radius 3 is 2.38 bits per heavy atom. The zero-order valence-electron chi connectivity index (χ0n) is 18.3. The van der Waals surface area contributed by atoms with Gasteiger partial charge < -0.3 is 10.1 Å². The second-order valence-electron chi connectivity index (χ2n) is 8.83. The quantitative estimate of drug-likeness (QED) is 0.683. The van der Waals surface area contributed by atoms with E-state index in [0.29, 0.717) is 18.5 Å². The molecule has 2 amide bonds. The van der Waals surface area contributed by atoms with Gasteiger partial charge in [0.2, 0.25) is 5.91 Å². The fourth-order valence-electron chi connectivity index (χ4n) is 3.60. The lowest BCUT2D eigenvalue weighted by molar-refractivity contribution is -0.137. The summed E-state index contributed by atoms with van der Waals surface area (Å²) in [6, 6.07) is 11.6. The van der Waals surface area contributed by atoms with Crippen molar-refractivity contribution in [3.05, 3.63) is 59.7 Å². The molecule has 3 rings (SSSR count). The van der Waals surface area contributed by atoms with E-state index in [1.54, 1.807) is 32.9 Å². The average molecular weight is 448 g/mol. The Labute approximate surface area is 185 Å². The van der Waals surface area contributed by atoms with Crippen molar-refractivity contribution in [2.45, 2.75) is 58.0 Å². The van der Waals surface area contributed by atoms with Crippen LogP contribution in [-0.4, -0.2) is 35.1 Å². The summed E-state index contributed by atoms with van der Waals surface area (Å²) >= 11 is 0. The first-order chi connectivity index (χ1) is 14.9. The van der Waals surface area contributed by atoms with Crippen LogP contribution >= 0.6 is 0 Å². The predicted octanol–water partition coefficient (Wildman–Crippen LogP) is 5.39. The van der Waals surface area contributed by atoms with Gasteiger partial charge in [0.25, 0.3) is 0 Å². The number of nitrogens with one attached hydrogen (secondary N) is 1. The summed E-state index contributed by atoms with van der Waals surface area (Å²) in [5.41, 5.74) is 0.868. The number of hydrogen-bond donors (Lipinski definition) is 1. The Morgan fingerprint density at radius 2 is 1.75 bits per heavy atom. The van der Waals surface area contributed by atoms with Crippen molar-refractivity contribution in [3.8, 4) is 11.1 Å². The average Bonchev–Trinajstić information content (AvgIpc) is 3.21. The number of carbonyl (C=O) groups is 2. The molecule has 1 unspecified atom stereocenters. The number of alkyl halides is 3. The summed E-state index contributed by atoms with van der Waals surface area (Å²) in [7, 11) is 0. The summed E-state index contributed by atoms with van der Waals surface area (Å²) in [5, 5.41) is 2.86. The molecule has 1 atom stereocenters. The second-order valence-corrected chi connectivity index (χ2v) is 8.83. The van der Waals surface area contributed by atoms with Gasteiger partial charge in [-0.3, -0.25) is 9.69 Å². The highest BCUT2D eigenvalue weighted by atomic mass is 19.4. The fraction of sp³-hybridized carbons (Fsp3) is 0.417. The standard InChI is InChI=1S/C24H27F3N2O3/c1-23(2,3)32-22(31)29-13-5-8-20(29)21(30)28-15-16-6-4-7-18(14-16)17-9-11-19(12-10-17)24(25,26)27/h4,6-7,9-12,14,20H,5,8,13,15H2,1-3H3,(H,28,30). The smallest absolute Gasteiger partial charge is 0.416 e. The Bertz CT molecular complexity index is 966. The lowest BCUT2D eigenvalue weighted by atomic mass is 10.0. The number of likely N-dealkylation sites (tertiary alicyclic amines) is 1. The van der Waals surface area contributed by atoms with Gasteiger partial charge in [-0.2, -0.15) is 13.2 Å². The van der Waals surface area contributed by atoms with E-state index < -0.39 is 29.5 Å². The van der Waals surface area contributed by atoms with Crippen molar-refractivity contribution < 1.29 is 27.5 Å². The number of carbonyl (C=O) groups excluding carboxylic acids is 2. The van der Waals surface area contributed by atoms with E-state index in [-0.39, 0.29) is 12.5 Å². The number of amides is 2. The SMILES string of the molecule is CC(C)(C)OC(=O)N1CCCC1C(=O)NCc1cccc(-c2ccc(C(F)(F)F)cc2)c1. The molecule has 1 fully saturated rings. The number of benzene rings is 2. The number of halogens is 3. The number of hydrogen-bond acceptors (Lipinski definition) is 3. The highest BCUT2D eigenvalue weighted by molar-refractivity contribution is 5.86. The topological polar surface area (TPSA) is 58.6 Å². The monoisotopic (exact) mass is 448 g/mol. The van der Waals surface area contributed by atoms with Crippen LogP contribution in [0.5, 0.6) is 0 Å². The minimum Gasteiger partial charge on any atom is -0.444 e. The maximum absolute atomic E-state index is 12.8. The molecule has 5 nitrogen and oxygen atoms in total. The van der Waals surface area contributed by atoms with Crippen LogP contribution in [0.3, 0.4) is 0 Å². The maximum Gasteiger partial charge on any atom is 0.416 e. The predicted molar refractivity (Wildman–Crippen MR) is 115 cm³/mol. The fourth-order valence-corrected chi connectivity index (χ4v) is 3.60. The molecule has 172 valence electrons.